The van der Waals surface area contributed by atoms with E-state index in [-0.39, 0.29) is 6.04 Å². The summed E-state index contributed by atoms with van der Waals surface area (Å²) in [6.45, 7) is 2.17. The van der Waals surface area contributed by atoms with E-state index >= 15 is 0 Å². The quantitative estimate of drug-likeness (QED) is 0.649. The molecule has 0 saturated carbocycles. The average Bonchev–Trinajstić information content (AvgIpc) is 2.74. The van der Waals surface area contributed by atoms with Crippen molar-refractivity contribution >= 4 is 39.2 Å². The molecule has 1 heterocycles. The zero-order chi connectivity index (χ0) is 13.4. The van der Waals surface area contributed by atoms with Crippen LogP contribution in [0.3, 0.4) is 0 Å². The van der Waals surface area contributed by atoms with Crippen LogP contribution in [0.15, 0.2) is 53.0 Å². The Morgan fingerprint density at radius 3 is 2.63 bits per heavy atom. The summed E-state index contributed by atoms with van der Waals surface area (Å²) in [7, 11) is 0. The van der Waals surface area contributed by atoms with Crippen molar-refractivity contribution in [3.05, 3.63) is 63.3 Å². The molecule has 3 rings (SSSR count). The highest BCUT2D eigenvalue weighted by Crippen LogP contribution is 2.26. The van der Waals surface area contributed by atoms with Crippen LogP contribution in [0.1, 0.15) is 18.5 Å². The number of aromatic nitrogens is 2. The molecule has 0 fully saturated rings. The smallest absolute Gasteiger partial charge is 0.178 e. The number of rotatable bonds is 2. The van der Waals surface area contributed by atoms with Crippen LogP contribution in [0, 0.1) is 4.77 Å². The predicted molar refractivity (Wildman–Crippen MR) is 85.1 cm³/mol. The maximum absolute atomic E-state index is 5.46. The number of hydrogen-bond donors (Lipinski definition) is 1. The van der Waals surface area contributed by atoms with Crippen molar-refractivity contribution < 1.29 is 0 Å². The van der Waals surface area contributed by atoms with Crippen LogP contribution in [-0.4, -0.2) is 9.55 Å². The van der Waals surface area contributed by atoms with Gasteiger partial charge in [-0.05, 0) is 42.9 Å². The maximum Gasteiger partial charge on any atom is 0.178 e. The Morgan fingerprint density at radius 1 is 1.16 bits per heavy atom. The van der Waals surface area contributed by atoms with Crippen LogP contribution in [0.25, 0.3) is 11.0 Å². The molecule has 0 saturated heterocycles. The minimum absolute atomic E-state index is 0.212. The van der Waals surface area contributed by atoms with Gasteiger partial charge < -0.3 is 9.55 Å². The highest BCUT2D eigenvalue weighted by molar-refractivity contribution is 9.10. The summed E-state index contributed by atoms with van der Waals surface area (Å²) in [6, 6.07) is 16.8. The van der Waals surface area contributed by atoms with Crippen molar-refractivity contribution in [1.29, 1.82) is 0 Å². The normalized spacial score (nSPS) is 12.7. The largest absolute Gasteiger partial charge is 0.331 e. The van der Waals surface area contributed by atoms with Gasteiger partial charge in [0.1, 0.15) is 0 Å². The van der Waals surface area contributed by atoms with Gasteiger partial charge in [-0.15, -0.1) is 0 Å². The number of fused-ring (bicyclic) bond motifs is 1. The number of imidazole rings is 1. The number of halogens is 1. The maximum atomic E-state index is 5.46. The Bertz CT molecular complexity index is 774. The van der Waals surface area contributed by atoms with Gasteiger partial charge in [-0.25, -0.2) is 0 Å². The lowest BCUT2D eigenvalue weighted by molar-refractivity contribution is 0.649. The van der Waals surface area contributed by atoms with Crippen LogP contribution in [0.2, 0.25) is 0 Å². The number of nitrogens with zero attached hydrogens (tertiary/aromatic N) is 1. The molecule has 0 aliphatic heterocycles. The van der Waals surface area contributed by atoms with Gasteiger partial charge in [0.05, 0.1) is 17.1 Å². The van der Waals surface area contributed by atoms with Crippen LogP contribution >= 0.6 is 28.1 Å². The summed E-state index contributed by atoms with van der Waals surface area (Å²) < 4.78 is 3.96. The molecule has 0 aliphatic rings. The lowest BCUT2D eigenvalue weighted by atomic mass is 10.1. The molecule has 1 aromatic heterocycles. The molecule has 1 unspecified atom stereocenters. The molecule has 1 N–H and O–H groups in total. The SMILES string of the molecule is CC(c1ccccc1)n1c(=S)[nH]c2cc(Br)ccc21. The third kappa shape index (κ3) is 2.26. The van der Waals surface area contributed by atoms with Gasteiger partial charge in [-0.1, -0.05) is 46.3 Å². The van der Waals surface area contributed by atoms with Gasteiger partial charge in [0.15, 0.2) is 4.77 Å². The fourth-order valence-corrected chi connectivity index (χ4v) is 3.10. The molecule has 2 aromatic carbocycles. The molecule has 0 amide bonds. The molecule has 2 nitrogen and oxygen atoms in total. The molecule has 1 atom stereocenters. The van der Waals surface area contributed by atoms with Crippen molar-refractivity contribution in [3.63, 3.8) is 0 Å². The lowest BCUT2D eigenvalue weighted by Crippen LogP contribution is -2.06. The van der Waals surface area contributed by atoms with E-state index in [0.717, 1.165) is 20.3 Å². The minimum atomic E-state index is 0.212. The van der Waals surface area contributed by atoms with Crippen molar-refractivity contribution in [2.45, 2.75) is 13.0 Å². The second kappa shape index (κ2) is 4.94. The highest BCUT2D eigenvalue weighted by Gasteiger charge is 2.12. The molecule has 0 spiro atoms. The van der Waals surface area contributed by atoms with Crippen LogP contribution < -0.4 is 0 Å². The molecule has 4 heteroatoms. The Balaban J connectivity index is 2.20. The number of H-pyrrole nitrogens is 1. The molecule has 0 aliphatic carbocycles. The van der Waals surface area contributed by atoms with E-state index < -0.39 is 0 Å². The van der Waals surface area contributed by atoms with Crippen molar-refractivity contribution in [3.8, 4) is 0 Å². The zero-order valence-electron chi connectivity index (χ0n) is 10.4. The van der Waals surface area contributed by atoms with Crippen LogP contribution in [0.5, 0.6) is 0 Å². The summed E-state index contributed by atoms with van der Waals surface area (Å²) >= 11 is 8.95. The van der Waals surface area contributed by atoms with E-state index in [4.69, 9.17) is 12.2 Å². The first-order chi connectivity index (χ1) is 9.16. The van der Waals surface area contributed by atoms with E-state index in [1.165, 1.54) is 5.56 Å². The zero-order valence-corrected chi connectivity index (χ0v) is 12.8. The van der Waals surface area contributed by atoms with Gasteiger partial charge >= 0.3 is 0 Å². The first-order valence-electron chi connectivity index (χ1n) is 6.11. The molecule has 96 valence electrons. The van der Waals surface area contributed by atoms with Gasteiger partial charge in [-0.3, -0.25) is 0 Å². The Morgan fingerprint density at radius 2 is 1.89 bits per heavy atom. The second-order valence-corrected chi connectivity index (χ2v) is 5.85. The third-order valence-corrected chi connectivity index (χ3v) is 4.14. The first kappa shape index (κ1) is 12.6. The highest BCUT2D eigenvalue weighted by atomic mass is 79.9. The molecule has 0 bridgehead atoms. The molecule has 0 radical (unpaired) electrons. The summed E-state index contributed by atoms with van der Waals surface area (Å²) in [5, 5.41) is 0. The number of nitrogens with one attached hydrogen (secondary N) is 1. The fourth-order valence-electron chi connectivity index (χ4n) is 2.37. The molecule has 3 aromatic rings. The lowest BCUT2D eigenvalue weighted by Gasteiger charge is -2.15. The monoisotopic (exact) mass is 332 g/mol. The summed E-state index contributed by atoms with van der Waals surface area (Å²) in [5.41, 5.74) is 3.44. The Labute approximate surface area is 125 Å². The minimum Gasteiger partial charge on any atom is -0.331 e. The van der Waals surface area contributed by atoms with Crippen molar-refractivity contribution in [2.75, 3.05) is 0 Å². The van der Waals surface area contributed by atoms with Crippen molar-refractivity contribution in [2.24, 2.45) is 0 Å². The third-order valence-electron chi connectivity index (χ3n) is 3.35. The standard InChI is InChI=1S/C15H13BrN2S/c1-10(11-5-3-2-4-6-11)18-14-8-7-12(16)9-13(14)17-15(18)19/h2-10H,1H3,(H,17,19). The van der Waals surface area contributed by atoms with Crippen LogP contribution in [-0.2, 0) is 0 Å². The van der Waals surface area contributed by atoms with Gasteiger partial charge in [-0.2, -0.15) is 0 Å². The van der Waals surface area contributed by atoms with E-state index in [0.29, 0.717) is 0 Å². The summed E-state index contributed by atoms with van der Waals surface area (Å²) in [5.74, 6) is 0. The predicted octanol–water partition coefficient (Wildman–Crippen LogP) is 5.07. The van der Waals surface area contributed by atoms with Gasteiger partial charge in [0.2, 0.25) is 0 Å². The fraction of sp³-hybridized carbons (Fsp3) is 0.133. The van der Waals surface area contributed by atoms with Crippen molar-refractivity contribution in [1.82, 2.24) is 9.55 Å². The number of hydrogen-bond acceptors (Lipinski definition) is 1. The topological polar surface area (TPSA) is 20.7 Å². The van der Waals surface area contributed by atoms with Crippen LogP contribution in [0.4, 0.5) is 0 Å². The summed E-state index contributed by atoms with van der Waals surface area (Å²) in [4.78, 5) is 3.27. The molecular weight excluding hydrogens is 320 g/mol. The Kier molecular flexibility index (Phi) is 3.29. The van der Waals surface area contributed by atoms with E-state index in [1.807, 2.05) is 12.1 Å². The van der Waals surface area contributed by atoms with E-state index in [2.05, 4.69) is 68.8 Å². The first-order valence-corrected chi connectivity index (χ1v) is 7.31. The second-order valence-electron chi connectivity index (χ2n) is 4.55. The van der Waals surface area contributed by atoms with E-state index in [9.17, 15) is 0 Å². The van der Waals surface area contributed by atoms with Gasteiger partial charge in [0, 0.05) is 4.47 Å². The van der Waals surface area contributed by atoms with Gasteiger partial charge in [0.25, 0.3) is 0 Å². The molecular formula is C15H13BrN2S. The van der Waals surface area contributed by atoms with E-state index in [1.54, 1.807) is 0 Å². The number of aromatic amines is 1. The summed E-state index contributed by atoms with van der Waals surface area (Å²) in [6.07, 6.45) is 0. The molecule has 19 heavy (non-hydrogen) atoms. The number of benzene rings is 2. The average molecular weight is 333 g/mol. The Hall–Kier alpha value is -1.39.